The van der Waals surface area contributed by atoms with Gasteiger partial charge in [0.25, 0.3) is 0 Å². The van der Waals surface area contributed by atoms with Crippen molar-refractivity contribution in [3.8, 4) is 33.4 Å². The first-order chi connectivity index (χ1) is 21.8. The molecule has 8 rings (SSSR count). The lowest BCUT2D eigenvalue weighted by Crippen LogP contribution is -2.09. The molecule has 0 saturated carbocycles. The first kappa shape index (κ1) is 26.2. The molecule has 0 fully saturated rings. The van der Waals surface area contributed by atoms with E-state index in [0.29, 0.717) is 0 Å². The van der Waals surface area contributed by atoms with Gasteiger partial charge in [0.2, 0.25) is 0 Å². The number of nitrogens with zero attached hydrogens (tertiary/aromatic N) is 1. The van der Waals surface area contributed by atoms with E-state index in [9.17, 15) is 0 Å². The summed E-state index contributed by atoms with van der Waals surface area (Å²) >= 11 is 1.86. The van der Waals surface area contributed by atoms with Gasteiger partial charge >= 0.3 is 0 Å². The monoisotopic (exact) mass is 579 g/mol. The Kier molecular flexibility index (Phi) is 6.75. The molecule has 7 aromatic carbocycles. The Morgan fingerprint density at radius 3 is 1.20 bits per heavy atom. The number of benzene rings is 7. The van der Waals surface area contributed by atoms with Crippen molar-refractivity contribution in [2.45, 2.75) is 0 Å². The normalized spacial score (nSPS) is 11.2. The van der Waals surface area contributed by atoms with E-state index in [1.165, 1.54) is 53.6 Å². The summed E-state index contributed by atoms with van der Waals surface area (Å²) in [7, 11) is 0. The SMILES string of the molecule is c1ccc(-c2ccc(N(c3ccc(-c4ccccc4)cc3)c3ccc(-c4ccc5sc6ccccc6c5c4)cc3)cc2)cc1. The van der Waals surface area contributed by atoms with E-state index in [4.69, 9.17) is 0 Å². The Labute approximate surface area is 261 Å². The average molecular weight is 580 g/mol. The highest BCUT2D eigenvalue weighted by molar-refractivity contribution is 7.25. The van der Waals surface area contributed by atoms with Gasteiger partial charge in [-0.05, 0) is 88.0 Å². The lowest BCUT2D eigenvalue weighted by atomic mass is 10.0. The molecule has 0 N–H and O–H groups in total. The van der Waals surface area contributed by atoms with Crippen molar-refractivity contribution in [1.82, 2.24) is 0 Å². The maximum Gasteiger partial charge on any atom is 0.0462 e. The standard InChI is InChI=1S/C42H29NS/c1-3-9-30(10-4-1)32-15-22-36(23-16-32)43(37-24-17-33(18-25-37)31-11-5-2-6-12-31)38-26-19-34(20-27-38)35-21-28-42-40(29-35)39-13-7-8-14-41(39)44-42/h1-29H. The van der Waals surface area contributed by atoms with Crippen LogP contribution in [0.2, 0.25) is 0 Å². The van der Waals surface area contributed by atoms with Crippen molar-refractivity contribution in [2.75, 3.05) is 4.90 Å². The zero-order chi connectivity index (χ0) is 29.3. The fourth-order valence-electron chi connectivity index (χ4n) is 6.02. The van der Waals surface area contributed by atoms with Crippen LogP contribution in [0.5, 0.6) is 0 Å². The lowest BCUT2D eigenvalue weighted by Gasteiger charge is -2.26. The lowest BCUT2D eigenvalue weighted by molar-refractivity contribution is 1.28. The molecule has 0 bridgehead atoms. The fraction of sp³-hybridized carbons (Fsp3) is 0. The molecule has 0 aliphatic rings. The summed E-state index contributed by atoms with van der Waals surface area (Å²) in [5, 5.41) is 2.65. The van der Waals surface area contributed by atoms with Gasteiger partial charge in [-0.1, -0.05) is 121 Å². The van der Waals surface area contributed by atoms with Crippen molar-refractivity contribution < 1.29 is 0 Å². The molecule has 8 aromatic rings. The van der Waals surface area contributed by atoms with Gasteiger partial charge in [-0.15, -0.1) is 11.3 Å². The number of hydrogen-bond donors (Lipinski definition) is 0. The first-order valence-electron chi connectivity index (χ1n) is 14.9. The zero-order valence-corrected chi connectivity index (χ0v) is 24.9. The third-order valence-electron chi connectivity index (χ3n) is 8.30. The molecule has 0 unspecified atom stereocenters. The Morgan fingerprint density at radius 2 is 0.682 bits per heavy atom. The van der Waals surface area contributed by atoms with Crippen LogP contribution >= 0.6 is 11.3 Å². The van der Waals surface area contributed by atoms with Gasteiger partial charge in [0.15, 0.2) is 0 Å². The molecule has 0 saturated heterocycles. The molecular weight excluding hydrogens is 551 g/mol. The van der Waals surface area contributed by atoms with Crippen LogP contribution in [0.3, 0.4) is 0 Å². The summed E-state index contributed by atoms with van der Waals surface area (Å²) in [6.45, 7) is 0. The molecule has 2 heteroatoms. The minimum atomic E-state index is 1.12. The van der Waals surface area contributed by atoms with Gasteiger partial charge in [0.05, 0.1) is 0 Å². The molecule has 0 aliphatic carbocycles. The summed E-state index contributed by atoms with van der Waals surface area (Å²) in [6, 6.07) is 63.3. The number of rotatable bonds is 6. The second kappa shape index (κ2) is 11.3. The Balaban J connectivity index is 1.17. The first-order valence-corrected chi connectivity index (χ1v) is 15.7. The molecule has 0 spiro atoms. The molecular formula is C42H29NS. The van der Waals surface area contributed by atoms with Crippen LogP contribution in [0.1, 0.15) is 0 Å². The van der Waals surface area contributed by atoms with Crippen molar-refractivity contribution in [3.63, 3.8) is 0 Å². The third kappa shape index (κ3) is 4.96. The second-order valence-electron chi connectivity index (χ2n) is 11.0. The van der Waals surface area contributed by atoms with Crippen LogP contribution < -0.4 is 4.90 Å². The summed E-state index contributed by atoms with van der Waals surface area (Å²) in [5.41, 5.74) is 10.7. The van der Waals surface area contributed by atoms with E-state index >= 15 is 0 Å². The third-order valence-corrected chi connectivity index (χ3v) is 9.45. The number of thiophene rings is 1. The van der Waals surface area contributed by atoms with Crippen molar-refractivity contribution in [3.05, 3.63) is 176 Å². The summed E-state index contributed by atoms with van der Waals surface area (Å²) < 4.78 is 2.66. The van der Waals surface area contributed by atoms with Crippen molar-refractivity contribution in [1.29, 1.82) is 0 Å². The van der Waals surface area contributed by atoms with Crippen LogP contribution in [0.4, 0.5) is 17.1 Å². The van der Waals surface area contributed by atoms with Gasteiger partial charge < -0.3 is 4.90 Å². The topological polar surface area (TPSA) is 3.24 Å². The molecule has 0 atom stereocenters. The quantitative estimate of drug-likeness (QED) is 0.189. The molecule has 0 aliphatic heterocycles. The van der Waals surface area contributed by atoms with Crippen LogP contribution in [-0.4, -0.2) is 0 Å². The van der Waals surface area contributed by atoms with Gasteiger partial charge in [-0.2, -0.15) is 0 Å². The average Bonchev–Trinajstić information content (AvgIpc) is 3.48. The number of anilines is 3. The Hall–Kier alpha value is -5.44. The number of hydrogen-bond acceptors (Lipinski definition) is 2. The van der Waals surface area contributed by atoms with E-state index < -0.39 is 0 Å². The summed E-state index contributed by atoms with van der Waals surface area (Å²) in [6.07, 6.45) is 0. The smallest absolute Gasteiger partial charge is 0.0462 e. The predicted molar refractivity (Wildman–Crippen MR) is 190 cm³/mol. The van der Waals surface area contributed by atoms with Crippen molar-refractivity contribution >= 4 is 48.6 Å². The van der Waals surface area contributed by atoms with Gasteiger partial charge in [-0.3, -0.25) is 0 Å². The van der Waals surface area contributed by atoms with Crippen LogP contribution in [0, 0.1) is 0 Å². The fourth-order valence-corrected chi connectivity index (χ4v) is 7.11. The largest absolute Gasteiger partial charge is 0.311 e. The molecule has 0 amide bonds. The van der Waals surface area contributed by atoms with Crippen molar-refractivity contribution in [2.24, 2.45) is 0 Å². The van der Waals surface area contributed by atoms with Gasteiger partial charge in [0.1, 0.15) is 0 Å². The van der Waals surface area contributed by atoms with Crippen LogP contribution in [0.15, 0.2) is 176 Å². The van der Waals surface area contributed by atoms with E-state index in [-0.39, 0.29) is 0 Å². The molecule has 44 heavy (non-hydrogen) atoms. The van der Waals surface area contributed by atoms with Crippen LogP contribution in [0.25, 0.3) is 53.6 Å². The minimum absolute atomic E-state index is 1.12. The number of fused-ring (bicyclic) bond motifs is 3. The van der Waals surface area contributed by atoms with Gasteiger partial charge in [0, 0.05) is 37.2 Å². The van der Waals surface area contributed by atoms with Gasteiger partial charge in [-0.25, -0.2) is 0 Å². The van der Waals surface area contributed by atoms with E-state index in [1.807, 2.05) is 11.3 Å². The summed E-state index contributed by atoms with van der Waals surface area (Å²) in [5.74, 6) is 0. The molecule has 208 valence electrons. The van der Waals surface area contributed by atoms with Crippen LogP contribution in [-0.2, 0) is 0 Å². The van der Waals surface area contributed by atoms with E-state index in [0.717, 1.165) is 17.1 Å². The highest BCUT2D eigenvalue weighted by Crippen LogP contribution is 2.39. The molecule has 1 aromatic heterocycles. The molecule has 1 nitrogen and oxygen atoms in total. The minimum Gasteiger partial charge on any atom is -0.311 e. The van der Waals surface area contributed by atoms with E-state index in [2.05, 4.69) is 181 Å². The second-order valence-corrected chi connectivity index (χ2v) is 12.1. The Bertz CT molecular complexity index is 2100. The predicted octanol–water partition coefficient (Wildman–Crippen LogP) is 12.5. The Morgan fingerprint density at radius 1 is 0.295 bits per heavy atom. The highest BCUT2D eigenvalue weighted by Gasteiger charge is 2.14. The summed E-state index contributed by atoms with van der Waals surface area (Å²) in [4.78, 5) is 2.34. The maximum absolute atomic E-state index is 2.34. The molecule has 0 radical (unpaired) electrons. The highest BCUT2D eigenvalue weighted by atomic mass is 32.1. The maximum atomic E-state index is 2.34. The molecule has 1 heterocycles. The van der Waals surface area contributed by atoms with E-state index in [1.54, 1.807) is 0 Å². The zero-order valence-electron chi connectivity index (χ0n) is 24.1.